The van der Waals surface area contributed by atoms with Crippen LogP contribution >= 0.6 is 0 Å². The largest absolute Gasteiger partial charge is 0.508 e. The number of phenolic OH excluding ortho intramolecular Hbond substituents is 1. The van der Waals surface area contributed by atoms with Gasteiger partial charge in [0, 0.05) is 6.42 Å². The fourth-order valence-electron chi connectivity index (χ4n) is 2.69. The summed E-state index contributed by atoms with van der Waals surface area (Å²) < 4.78 is 0. The molecule has 0 spiro atoms. The van der Waals surface area contributed by atoms with Gasteiger partial charge in [-0.1, -0.05) is 70.4 Å². The summed E-state index contributed by atoms with van der Waals surface area (Å²) in [6.45, 7) is 2.13. The molecule has 0 radical (unpaired) electrons. The number of phenols is 1. The molecule has 0 bridgehead atoms. The zero-order chi connectivity index (χ0) is 19.7. The van der Waals surface area contributed by atoms with E-state index >= 15 is 0 Å². The Morgan fingerprint density at radius 3 is 2.33 bits per heavy atom. The van der Waals surface area contributed by atoms with E-state index in [9.17, 15) is 14.7 Å². The molecule has 1 rings (SSSR count). The highest BCUT2D eigenvalue weighted by atomic mass is 16.3. The first-order valence-electron chi connectivity index (χ1n) is 9.99. The lowest BCUT2D eigenvalue weighted by Crippen LogP contribution is -2.34. The first-order valence-corrected chi connectivity index (χ1v) is 9.99. The van der Waals surface area contributed by atoms with Crippen LogP contribution in [0.4, 0.5) is 0 Å². The van der Waals surface area contributed by atoms with E-state index in [-0.39, 0.29) is 24.1 Å². The highest BCUT2D eigenvalue weighted by Crippen LogP contribution is 2.10. The van der Waals surface area contributed by atoms with Crippen molar-refractivity contribution < 1.29 is 14.7 Å². The van der Waals surface area contributed by atoms with Crippen LogP contribution in [-0.4, -0.2) is 29.7 Å². The van der Waals surface area contributed by atoms with E-state index < -0.39 is 0 Å². The third-order valence-corrected chi connectivity index (χ3v) is 4.23. The molecule has 0 heterocycles. The van der Waals surface area contributed by atoms with Crippen molar-refractivity contribution in [1.29, 1.82) is 0 Å². The van der Waals surface area contributed by atoms with Gasteiger partial charge in [0.05, 0.1) is 12.8 Å². The van der Waals surface area contributed by atoms with Crippen molar-refractivity contribution in [3.8, 4) is 5.75 Å². The monoisotopic (exact) mass is 375 g/mol. The second kappa shape index (κ2) is 14.8. The number of amides is 2. The zero-order valence-corrected chi connectivity index (χ0v) is 16.4. The molecule has 0 aliphatic carbocycles. The van der Waals surface area contributed by atoms with E-state index in [4.69, 9.17) is 0 Å². The van der Waals surface area contributed by atoms with Crippen LogP contribution in [0.1, 0.15) is 76.7 Å². The smallest absolute Gasteiger partial charge is 0.259 e. The SMILES string of the molecule is CCCCCCCCCCCC(=O)NCC(=O)NN=Cc1cccc(O)c1. The lowest BCUT2D eigenvalue weighted by molar-refractivity contribution is -0.126. The summed E-state index contributed by atoms with van der Waals surface area (Å²) in [5.41, 5.74) is 3.02. The minimum absolute atomic E-state index is 0.0896. The molecule has 6 heteroatoms. The number of aromatic hydroxyl groups is 1. The van der Waals surface area contributed by atoms with Crippen molar-refractivity contribution >= 4 is 18.0 Å². The van der Waals surface area contributed by atoms with Gasteiger partial charge in [0.2, 0.25) is 5.91 Å². The number of carbonyl (C=O) groups is 2. The fraction of sp³-hybridized carbons (Fsp3) is 0.571. The standard InChI is InChI=1S/C21H33N3O3/c1-2-3-4-5-6-7-8-9-10-14-20(26)22-17-21(27)24-23-16-18-12-11-13-19(25)15-18/h11-13,15-16,25H,2-10,14,17H2,1H3,(H,22,26)(H,24,27). The van der Waals surface area contributed by atoms with E-state index in [1.807, 2.05) is 0 Å². The lowest BCUT2D eigenvalue weighted by atomic mass is 10.1. The Morgan fingerprint density at radius 2 is 1.67 bits per heavy atom. The molecule has 150 valence electrons. The molecule has 0 aliphatic heterocycles. The number of nitrogens with one attached hydrogen (secondary N) is 2. The molecule has 1 aromatic carbocycles. The lowest BCUT2D eigenvalue weighted by Gasteiger charge is -2.05. The second-order valence-electron chi connectivity index (χ2n) is 6.74. The first kappa shape index (κ1) is 22.7. The Bertz CT molecular complexity index is 588. The van der Waals surface area contributed by atoms with Crippen LogP contribution < -0.4 is 10.7 Å². The fourth-order valence-corrected chi connectivity index (χ4v) is 2.69. The molecule has 0 aliphatic rings. The number of carbonyl (C=O) groups excluding carboxylic acids is 2. The molecule has 0 aromatic heterocycles. The van der Waals surface area contributed by atoms with Crippen molar-refractivity contribution in [2.75, 3.05) is 6.54 Å². The van der Waals surface area contributed by atoms with E-state index in [2.05, 4.69) is 22.8 Å². The summed E-state index contributed by atoms with van der Waals surface area (Å²) in [6.07, 6.45) is 12.8. The van der Waals surface area contributed by atoms with E-state index in [0.29, 0.717) is 12.0 Å². The van der Waals surface area contributed by atoms with Gasteiger partial charge in [-0.05, 0) is 24.1 Å². The maximum absolute atomic E-state index is 11.7. The van der Waals surface area contributed by atoms with Gasteiger partial charge in [-0.15, -0.1) is 0 Å². The van der Waals surface area contributed by atoms with Gasteiger partial charge in [0.1, 0.15) is 5.75 Å². The summed E-state index contributed by atoms with van der Waals surface area (Å²) in [6, 6.07) is 6.52. The van der Waals surface area contributed by atoms with Gasteiger partial charge in [0.15, 0.2) is 0 Å². The van der Waals surface area contributed by atoms with Crippen molar-refractivity contribution in [3.05, 3.63) is 29.8 Å². The Labute approximate surface area is 162 Å². The van der Waals surface area contributed by atoms with Gasteiger partial charge in [-0.2, -0.15) is 5.10 Å². The molecule has 3 N–H and O–H groups in total. The van der Waals surface area contributed by atoms with Gasteiger partial charge < -0.3 is 10.4 Å². The maximum atomic E-state index is 11.7. The molecule has 0 atom stereocenters. The van der Waals surface area contributed by atoms with Crippen LogP contribution in [0.25, 0.3) is 0 Å². The summed E-state index contributed by atoms with van der Waals surface area (Å²) in [5, 5.41) is 15.7. The average Bonchev–Trinajstić information content (AvgIpc) is 2.65. The second-order valence-corrected chi connectivity index (χ2v) is 6.74. The van der Waals surface area contributed by atoms with Crippen LogP contribution in [0.2, 0.25) is 0 Å². The molecule has 1 aromatic rings. The molecular formula is C21H33N3O3. The number of nitrogens with zero attached hydrogens (tertiary/aromatic N) is 1. The summed E-state index contributed by atoms with van der Waals surface area (Å²) in [4.78, 5) is 23.4. The van der Waals surface area contributed by atoms with Crippen LogP contribution in [0.15, 0.2) is 29.4 Å². The molecule has 0 saturated carbocycles. The zero-order valence-electron chi connectivity index (χ0n) is 16.4. The van der Waals surface area contributed by atoms with Crippen molar-refractivity contribution in [3.63, 3.8) is 0 Å². The normalized spacial score (nSPS) is 10.9. The van der Waals surface area contributed by atoms with Gasteiger partial charge in [-0.3, -0.25) is 9.59 Å². The van der Waals surface area contributed by atoms with Gasteiger partial charge in [0.25, 0.3) is 5.91 Å². The first-order chi connectivity index (χ1) is 13.1. The van der Waals surface area contributed by atoms with Crippen LogP contribution in [0, 0.1) is 0 Å². The third-order valence-electron chi connectivity index (χ3n) is 4.23. The minimum atomic E-state index is -0.383. The summed E-state index contributed by atoms with van der Waals surface area (Å²) in [7, 11) is 0. The number of rotatable bonds is 14. The maximum Gasteiger partial charge on any atom is 0.259 e. The van der Waals surface area contributed by atoms with E-state index in [1.165, 1.54) is 57.2 Å². The minimum Gasteiger partial charge on any atom is -0.508 e. The predicted octanol–water partition coefficient (Wildman–Crippen LogP) is 3.88. The topological polar surface area (TPSA) is 90.8 Å². The number of hydrazone groups is 1. The molecule has 0 unspecified atom stereocenters. The number of unbranched alkanes of at least 4 members (excludes halogenated alkanes) is 8. The molecule has 0 fully saturated rings. The average molecular weight is 376 g/mol. The van der Waals surface area contributed by atoms with Crippen LogP contribution in [-0.2, 0) is 9.59 Å². The summed E-state index contributed by atoms with van der Waals surface area (Å²) >= 11 is 0. The Kier molecular flexibility index (Phi) is 12.4. The summed E-state index contributed by atoms with van der Waals surface area (Å²) in [5.74, 6) is -0.356. The quantitative estimate of drug-likeness (QED) is 0.262. The number of hydrogen-bond acceptors (Lipinski definition) is 4. The molecular weight excluding hydrogens is 342 g/mol. The van der Waals surface area contributed by atoms with E-state index in [1.54, 1.807) is 18.2 Å². The molecule has 27 heavy (non-hydrogen) atoms. The van der Waals surface area contributed by atoms with Crippen LogP contribution in [0.5, 0.6) is 5.75 Å². The highest BCUT2D eigenvalue weighted by molar-refractivity contribution is 5.86. The van der Waals surface area contributed by atoms with E-state index in [0.717, 1.165) is 12.8 Å². The van der Waals surface area contributed by atoms with Crippen molar-refractivity contribution in [2.45, 2.75) is 71.1 Å². The van der Waals surface area contributed by atoms with Gasteiger partial charge in [-0.25, -0.2) is 5.43 Å². The Morgan fingerprint density at radius 1 is 1.00 bits per heavy atom. The Hall–Kier alpha value is -2.37. The van der Waals surface area contributed by atoms with Crippen molar-refractivity contribution in [1.82, 2.24) is 10.7 Å². The number of hydrogen-bond donors (Lipinski definition) is 3. The predicted molar refractivity (Wildman–Crippen MR) is 109 cm³/mol. The third kappa shape index (κ3) is 12.6. The molecule has 6 nitrogen and oxygen atoms in total. The van der Waals surface area contributed by atoms with Crippen LogP contribution in [0.3, 0.4) is 0 Å². The Balaban J connectivity index is 2.01. The van der Waals surface area contributed by atoms with Gasteiger partial charge >= 0.3 is 0 Å². The molecule has 2 amide bonds. The molecule has 0 saturated heterocycles. The highest BCUT2D eigenvalue weighted by Gasteiger charge is 2.04. The van der Waals surface area contributed by atoms with Crippen molar-refractivity contribution in [2.24, 2.45) is 5.10 Å². The number of benzene rings is 1.